The molecule has 138 valence electrons. The first kappa shape index (κ1) is 19.9. The van der Waals surface area contributed by atoms with Crippen LogP contribution in [0.15, 0.2) is 46.6 Å². The molecular weight excluding hydrogens is 337 g/mol. The number of aryl methyl sites for hydroxylation is 1. The molecule has 0 amide bonds. The van der Waals surface area contributed by atoms with Crippen LogP contribution in [0.1, 0.15) is 55.7 Å². The van der Waals surface area contributed by atoms with Crippen molar-refractivity contribution in [2.75, 3.05) is 0 Å². The molecule has 0 spiro atoms. The van der Waals surface area contributed by atoms with Crippen LogP contribution in [-0.4, -0.2) is 12.4 Å². The van der Waals surface area contributed by atoms with Crippen molar-refractivity contribution in [2.24, 2.45) is 10.2 Å². The van der Waals surface area contributed by atoms with Crippen LogP contribution in [0.2, 0.25) is 0 Å². The Bertz CT molecular complexity index is 770. The zero-order valence-corrected chi connectivity index (χ0v) is 14.9. The Morgan fingerprint density at radius 3 is 2.27 bits per heavy atom. The number of halogens is 3. The smallest absolute Gasteiger partial charge is 0.159 e. The molecule has 2 rings (SSSR count). The molecule has 0 aliphatic heterocycles. The number of benzene rings is 2. The van der Waals surface area contributed by atoms with Gasteiger partial charge in [0.05, 0.1) is 12.4 Å². The highest BCUT2D eigenvalue weighted by Crippen LogP contribution is 2.13. The van der Waals surface area contributed by atoms with Crippen molar-refractivity contribution in [1.29, 1.82) is 0 Å². The van der Waals surface area contributed by atoms with E-state index in [1.54, 1.807) is 6.07 Å². The maximum Gasteiger partial charge on any atom is 0.159 e. The predicted octanol–water partition coefficient (Wildman–Crippen LogP) is 6.07. The second kappa shape index (κ2) is 10.5. The third-order valence-electron chi connectivity index (χ3n) is 4.05. The first-order chi connectivity index (χ1) is 12.6. The van der Waals surface area contributed by atoms with Gasteiger partial charge in [-0.1, -0.05) is 50.8 Å². The van der Waals surface area contributed by atoms with Gasteiger partial charge in [-0.3, -0.25) is 0 Å². The lowest BCUT2D eigenvalue weighted by atomic mass is 10.0. The fourth-order valence-electron chi connectivity index (χ4n) is 2.55. The van der Waals surface area contributed by atoms with E-state index in [0.29, 0.717) is 11.1 Å². The minimum absolute atomic E-state index is 0.335. The number of unbranched alkanes of at least 4 members (excludes halogenated alkanes) is 4. The highest BCUT2D eigenvalue weighted by Gasteiger charge is 2.02. The fraction of sp³-hybridized carbons (Fsp3) is 0.333. The number of hydrogen-bond acceptors (Lipinski definition) is 2. The van der Waals surface area contributed by atoms with Crippen LogP contribution in [0.3, 0.4) is 0 Å². The Morgan fingerprint density at radius 1 is 0.769 bits per heavy atom. The van der Waals surface area contributed by atoms with Crippen LogP contribution in [0, 0.1) is 17.5 Å². The average Bonchev–Trinajstić information content (AvgIpc) is 2.63. The molecule has 0 radical (unpaired) electrons. The van der Waals surface area contributed by atoms with Gasteiger partial charge in [0.25, 0.3) is 0 Å². The van der Waals surface area contributed by atoms with Crippen molar-refractivity contribution in [3.8, 4) is 0 Å². The molecule has 0 saturated carbocycles. The zero-order valence-electron chi connectivity index (χ0n) is 14.9. The van der Waals surface area contributed by atoms with Crippen LogP contribution >= 0.6 is 0 Å². The second-order valence-corrected chi connectivity index (χ2v) is 6.18. The van der Waals surface area contributed by atoms with Crippen molar-refractivity contribution < 1.29 is 13.2 Å². The Kier molecular flexibility index (Phi) is 8.06. The molecule has 2 aromatic rings. The van der Waals surface area contributed by atoms with E-state index in [4.69, 9.17) is 0 Å². The zero-order chi connectivity index (χ0) is 18.8. The average molecular weight is 360 g/mol. The summed E-state index contributed by atoms with van der Waals surface area (Å²) >= 11 is 0. The topological polar surface area (TPSA) is 24.7 Å². The summed E-state index contributed by atoms with van der Waals surface area (Å²) in [4.78, 5) is 0. The molecule has 0 unspecified atom stereocenters. The van der Waals surface area contributed by atoms with E-state index in [2.05, 4.69) is 17.1 Å². The third-order valence-corrected chi connectivity index (χ3v) is 4.05. The van der Waals surface area contributed by atoms with Gasteiger partial charge in [-0.15, -0.1) is 0 Å². The van der Waals surface area contributed by atoms with Gasteiger partial charge in [-0.25, -0.2) is 13.2 Å². The number of rotatable bonds is 9. The van der Waals surface area contributed by atoms with Crippen molar-refractivity contribution in [3.63, 3.8) is 0 Å². The normalized spacial score (nSPS) is 11.7. The third kappa shape index (κ3) is 6.47. The van der Waals surface area contributed by atoms with Crippen LogP contribution in [-0.2, 0) is 6.42 Å². The van der Waals surface area contributed by atoms with E-state index >= 15 is 0 Å². The molecule has 26 heavy (non-hydrogen) atoms. The standard InChI is InChI=1S/C21H23F3N2/c1-2-3-4-5-6-7-16-8-10-18(20(23)12-16)15-26-25-14-17-9-11-19(22)21(24)13-17/h8-15H,2-7H2,1H3. The van der Waals surface area contributed by atoms with Crippen molar-refractivity contribution >= 4 is 12.4 Å². The molecule has 0 aromatic heterocycles. The predicted molar refractivity (Wildman–Crippen MR) is 100 cm³/mol. The Balaban J connectivity index is 1.89. The summed E-state index contributed by atoms with van der Waals surface area (Å²) in [7, 11) is 0. The van der Waals surface area contributed by atoms with Gasteiger partial charge < -0.3 is 0 Å². The molecule has 0 aliphatic rings. The monoisotopic (exact) mass is 360 g/mol. The van der Waals surface area contributed by atoms with E-state index in [9.17, 15) is 13.2 Å². The SMILES string of the molecule is CCCCCCCc1ccc(C=NN=Cc2ccc(F)c(F)c2)c(F)c1. The van der Waals surface area contributed by atoms with E-state index in [1.807, 2.05) is 6.07 Å². The molecular formula is C21H23F3N2. The van der Waals surface area contributed by atoms with Gasteiger partial charge in [0.2, 0.25) is 0 Å². The summed E-state index contributed by atoms with van der Waals surface area (Å²) in [5, 5.41) is 7.50. The highest BCUT2D eigenvalue weighted by molar-refractivity contribution is 5.82. The lowest BCUT2D eigenvalue weighted by Crippen LogP contribution is -1.93. The van der Waals surface area contributed by atoms with Crippen LogP contribution in [0.25, 0.3) is 0 Å². The van der Waals surface area contributed by atoms with Crippen LogP contribution in [0.5, 0.6) is 0 Å². The van der Waals surface area contributed by atoms with Gasteiger partial charge in [-0.2, -0.15) is 10.2 Å². The Hall–Kier alpha value is -2.43. The quantitative estimate of drug-likeness (QED) is 0.295. The minimum atomic E-state index is -0.950. The molecule has 2 nitrogen and oxygen atoms in total. The summed E-state index contributed by atoms with van der Waals surface area (Å²) in [6.07, 6.45) is 9.35. The molecule has 0 N–H and O–H groups in total. The second-order valence-electron chi connectivity index (χ2n) is 6.18. The van der Waals surface area contributed by atoms with Gasteiger partial charge in [0.1, 0.15) is 5.82 Å². The van der Waals surface area contributed by atoms with Crippen LogP contribution in [0.4, 0.5) is 13.2 Å². The van der Waals surface area contributed by atoms with Gasteiger partial charge in [0, 0.05) is 5.56 Å². The van der Waals surface area contributed by atoms with Gasteiger partial charge in [-0.05, 0) is 42.2 Å². The van der Waals surface area contributed by atoms with Gasteiger partial charge >= 0.3 is 0 Å². The maximum atomic E-state index is 14.1. The Labute approximate surface area is 152 Å². The molecule has 0 bridgehead atoms. The Morgan fingerprint density at radius 2 is 1.54 bits per heavy atom. The summed E-state index contributed by atoms with van der Waals surface area (Å²) in [6, 6.07) is 8.51. The largest absolute Gasteiger partial charge is 0.206 e. The number of nitrogens with zero attached hydrogens (tertiary/aromatic N) is 2. The maximum absolute atomic E-state index is 14.1. The van der Waals surface area contributed by atoms with Gasteiger partial charge in [0.15, 0.2) is 11.6 Å². The number of hydrogen-bond donors (Lipinski definition) is 0. The van der Waals surface area contributed by atoms with E-state index in [0.717, 1.165) is 37.0 Å². The van der Waals surface area contributed by atoms with E-state index in [1.165, 1.54) is 43.8 Å². The lowest BCUT2D eigenvalue weighted by Gasteiger charge is -2.03. The molecule has 0 fully saturated rings. The molecule has 5 heteroatoms. The molecule has 0 heterocycles. The fourth-order valence-corrected chi connectivity index (χ4v) is 2.55. The first-order valence-electron chi connectivity index (χ1n) is 8.90. The first-order valence-corrected chi connectivity index (χ1v) is 8.90. The van der Waals surface area contributed by atoms with Crippen LogP contribution < -0.4 is 0 Å². The van der Waals surface area contributed by atoms with Crippen molar-refractivity contribution in [1.82, 2.24) is 0 Å². The lowest BCUT2D eigenvalue weighted by molar-refractivity contribution is 0.508. The molecule has 2 aromatic carbocycles. The van der Waals surface area contributed by atoms with Crippen molar-refractivity contribution in [2.45, 2.75) is 45.4 Å². The van der Waals surface area contributed by atoms with E-state index < -0.39 is 11.6 Å². The summed E-state index contributed by atoms with van der Waals surface area (Å²) in [6.45, 7) is 2.18. The van der Waals surface area contributed by atoms with E-state index in [-0.39, 0.29) is 5.82 Å². The summed E-state index contributed by atoms with van der Waals surface area (Å²) in [5.41, 5.74) is 1.68. The van der Waals surface area contributed by atoms with Crippen molar-refractivity contribution in [3.05, 3.63) is 70.5 Å². The molecule has 0 saturated heterocycles. The summed E-state index contributed by atoms with van der Waals surface area (Å²) in [5.74, 6) is -2.21. The molecule has 0 aliphatic carbocycles. The minimum Gasteiger partial charge on any atom is -0.206 e. The highest BCUT2D eigenvalue weighted by atomic mass is 19.2. The molecule has 0 atom stereocenters. The summed E-state index contributed by atoms with van der Waals surface area (Å²) < 4.78 is 40.0.